The molecule has 1 aromatic rings. The minimum absolute atomic E-state index is 0.141. The molecular formula is C15H17F4NO4. The van der Waals surface area contributed by atoms with E-state index in [1.807, 2.05) is 0 Å². The van der Waals surface area contributed by atoms with Crippen LogP contribution in [0.1, 0.15) is 0 Å². The van der Waals surface area contributed by atoms with Crippen molar-refractivity contribution in [1.82, 2.24) is 4.90 Å². The number of carbonyl (C=O) groups is 1. The number of nitrogens with zero attached hydrogens (tertiary/aromatic N) is 1. The lowest BCUT2D eigenvalue weighted by Gasteiger charge is -2.29. The van der Waals surface area contributed by atoms with Crippen LogP contribution >= 0.6 is 0 Å². The van der Waals surface area contributed by atoms with Gasteiger partial charge in [-0.2, -0.15) is 8.78 Å². The molecule has 0 bridgehead atoms. The zero-order chi connectivity index (χ0) is 17.7. The van der Waals surface area contributed by atoms with Crippen molar-refractivity contribution >= 4 is 5.91 Å². The first kappa shape index (κ1) is 18.3. The van der Waals surface area contributed by atoms with Crippen LogP contribution in [0.15, 0.2) is 24.3 Å². The van der Waals surface area contributed by atoms with Gasteiger partial charge in [-0.15, -0.1) is 0 Å². The molecule has 1 aliphatic rings. The maximum absolute atomic E-state index is 12.7. The predicted molar refractivity (Wildman–Crippen MR) is 75.8 cm³/mol. The van der Waals surface area contributed by atoms with E-state index in [9.17, 15) is 22.4 Å². The van der Waals surface area contributed by atoms with Crippen LogP contribution in [0.5, 0.6) is 11.5 Å². The lowest BCUT2D eigenvalue weighted by molar-refractivity contribution is -0.170. The zero-order valence-corrected chi connectivity index (χ0v) is 12.9. The van der Waals surface area contributed by atoms with Crippen LogP contribution in [-0.4, -0.2) is 62.7 Å². The van der Waals surface area contributed by atoms with E-state index in [0.29, 0.717) is 11.5 Å². The summed E-state index contributed by atoms with van der Waals surface area (Å²) in [5, 5.41) is 0. The van der Waals surface area contributed by atoms with Crippen molar-refractivity contribution in [2.45, 2.75) is 18.5 Å². The molecule has 0 spiro atoms. The summed E-state index contributed by atoms with van der Waals surface area (Å²) in [6.07, 6.45) is -4.27. The molecule has 0 saturated carbocycles. The van der Waals surface area contributed by atoms with Crippen molar-refractivity contribution in [3.05, 3.63) is 24.3 Å². The monoisotopic (exact) mass is 351 g/mol. The third-order valence-corrected chi connectivity index (χ3v) is 3.31. The van der Waals surface area contributed by atoms with Gasteiger partial charge >= 0.3 is 12.3 Å². The molecule has 0 aliphatic carbocycles. The van der Waals surface area contributed by atoms with Crippen LogP contribution in [0.3, 0.4) is 0 Å². The average Bonchev–Trinajstić information content (AvgIpc) is 2.54. The minimum Gasteiger partial charge on any atom is -0.486 e. The van der Waals surface area contributed by atoms with Crippen LogP contribution in [0.4, 0.5) is 17.6 Å². The molecule has 0 aromatic heterocycles. The Labute approximate surface area is 136 Å². The van der Waals surface area contributed by atoms with Gasteiger partial charge in [0, 0.05) is 7.05 Å². The molecule has 1 heterocycles. The Balaban J connectivity index is 1.76. The van der Waals surface area contributed by atoms with E-state index >= 15 is 0 Å². The molecule has 0 unspecified atom stereocenters. The average molecular weight is 351 g/mol. The molecule has 1 atom stereocenters. The second kappa shape index (κ2) is 7.69. The first-order chi connectivity index (χ1) is 11.3. The highest BCUT2D eigenvalue weighted by atomic mass is 19.3. The lowest BCUT2D eigenvalue weighted by Crippen LogP contribution is -2.43. The van der Waals surface area contributed by atoms with Gasteiger partial charge in [0.25, 0.3) is 0 Å². The number of fused-ring (bicyclic) bond motifs is 1. The van der Waals surface area contributed by atoms with E-state index in [0.717, 1.165) is 0 Å². The Kier molecular flexibility index (Phi) is 5.87. The molecule has 0 radical (unpaired) electrons. The molecule has 1 aromatic carbocycles. The summed E-state index contributed by atoms with van der Waals surface area (Å²) in [6.45, 7) is -1.87. The van der Waals surface area contributed by atoms with Gasteiger partial charge in [-0.05, 0) is 12.1 Å². The summed E-state index contributed by atoms with van der Waals surface area (Å²) in [5.74, 6) is -3.76. The maximum atomic E-state index is 12.7. The van der Waals surface area contributed by atoms with Crippen LogP contribution in [0, 0.1) is 0 Å². The van der Waals surface area contributed by atoms with Gasteiger partial charge in [0.2, 0.25) is 5.91 Å². The van der Waals surface area contributed by atoms with Crippen molar-refractivity contribution in [2.75, 3.05) is 33.4 Å². The topological polar surface area (TPSA) is 48.0 Å². The molecule has 2 rings (SSSR count). The number of alkyl halides is 4. The van der Waals surface area contributed by atoms with Crippen LogP contribution in [0.2, 0.25) is 0 Å². The molecule has 9 heteroatoms. The number of likely N-dealkylation sites (N-methyl/N-ethyl adjacent to an activating group) is 1. The van der Waals surface area contributed by atoms with E-state index < -0.39 is 37.6 Å². The summed E-state index contributed by atoms with van der Waals surface area (Å²) in [7, 11) is 1.43. The third kappa shape index (κ3) is 4.73. The number of hydrogen-bond acceptors (Lipinski definition) is 4. The normalized spacial score (nSPS) is 17.0. The number of hydrogen-bond donors (Lipinski definition) is 0. The van der Waals surface area contributed by atoms with Crippen LogP contribution in [-0.2, 0) is 9.53 Å². The number of benzene rings is 1. The number of para-hydroxylation sites is 2. The number of amides is 1. The molecule has 24 heavy (non-hydrogen) atoms. The lowest BCUT2D eigenvalue weighted by atomic mass is 10.2. The van der Waals surface area contributed by atoms with Gasteiger partial charge in [0.05, 0.1) is 6.54 Å². The second-order valence-corrected chi connectivity index (χ2v) is 5.33. The number of carbonyl (C=O) groups excluding carboxylic acids is 1. The quantitative estimate of drug-likeness (QED) is 0.707. The number of rotatable bonds is 7. The second-order valence-electron chi connectivity index (χ2n) is 5.33. The Bertz CT molecular complexity index is 570. The predicted octanol–water partition coefficient (Wildman–Crippen LogP) is 2.20. The third-order valence-electron chi connectivity index (χ3n) is 3.31. The number of ether oxygens (including phenoxy) is 3. The molecule has 1 aliphatic heterocycles. The van der Waals surface area contributed by atoms with Crippen molar-refractivity contribution in [2.24, 2.45) is 0 Å². The summed E-state index contributed by atoms with van der Waals surface area (Å²) in [5.41, 5.74) is 0. The summed E-state index contributed by atoms with van der Waals surface area (Å²) < 4.78 is 64.8. The SMILES string of the molecule is CN(C[C@H]1COc2ccccc2O1)C(=O)COCC(F)(F)C(F)F. The standard InChI is InChI=1S/C15H17F4NO4/c1-20(13(21)8-22-9-15(18,19)14(16)17)6-10-7-23-11-4-2-3-5-12(11)24-10/h2-5,10,14H,6-9H2,1H3/t10-/m0/s1. The van der Waals surface area contributed by atoms with E-state index in [-0.39, 0.29) is 13.2 Å². The fourth-order valence-electron chi connectivity index (χ4n) is 2.01. The highest BCUT2D eigenvalue weighted by Gasteiger charge is 2.41. The van der Waals surface area contributed by atoms with Crippen molar-refractivity contribution in [3.8, 4) is 11.5 Å². The fraction of sp³-hybridized carbons (Fsp3) is 0.533. The molecule has 134 valence electrons. The minimum atomic E-state index is -4.27. The Hall–Kier alpha value is -2.03. The molecule has 0 N–H and O–H groups in total. The van der Waals surface area contributed by atoms with Crippen molar-refractivity contribution in [3.63, 3.8) is 0 Å². The molecular weight excluding hydrogens is 334 g/mol. The molecule has 0 fully saturated rings. The van der Waals surface area contributed by atoms with Crippen LogP contribution in [0.25, 0.3) is 0 Å². The fourth-order valence-corrected chi connectivity index (χ4v) is 2.01. The van der Waals surface area contributed by atoms with E-state index in [1.165, 1.54) is 11.9 Å². The van der Waals surface area contributed by atoms with Gasteiger partial charge in [-0.3, -0.25) is 4.79 Å². The van der Waals surface area contributed by atoms with Crippen molar-refractivity contribution in [1.29, 1.82) is 0 Å². The van der Waals surface area contributed by atoms with Gasteiger partial charge in [0.1, 0.15) is 19.8 Å². The number of halogens is 4. The Morgan fingerprint density at radius 2 is 2.04 bits per heavy atom. The maximum Gasteiger partial charge on any atom is 0.330 e. The highest BCUT2D eigenvalue weighted by molar-refractivity contribution is 5.77. The summed E-state index contributed by atoms with van der Waals surface area (Å²) >= 11 is 0. The first-order valence-corrected chi connectivity index (χ1v) is 7.16. The largest absolute Gasteiger partial charge is 0.486 e. The van der Waals surface area contributed by atoms with Gasteiger partial charge in [-0.25, -0.2) is 8.78 Å². The van der Waals surface area contributed by atoms with E-state index in [1.54, 1.807) is 24.3 Å². The molecule has 5 nitrogen and oxygen atoms in total. The smallest absolute Gasteiger partial charge is 0.330 e. The highest BCUT2D eigenvalue weighted by Crippen LogP contribution is 2.31. The Morgan fingerprint density at radius 3 is 2.71 bits per heavy atom. The van der Waals surface area contributed by atoms with Gasteiger partial charge in [0.15, 0.2) is 17.6 Å². The first-order valence-electron chi connectivity index (χ1n) is 7.16. The molecule has 0 saturated heterocycles. The van der Waals surface area contributed by atoms with Gasteiger partial charge in [-0.1, -0.05) is 12.1 Å². The van der Waals surface area contributed by atoms with Crippen molar-refractivity contribution < 1.29 is 36.6 Å². The molecule has 1 amide bonds. The summed E-state index contributed by atoms with van der Waals surface area (Å²) in [6, 6.07) is 7.04. The zero-order valence-electron chi connectivity index (χ0n) is 12.9. The van der Waals surface area contributed by atoms with Gasteiger partial charge < -0.3 is 19.1 Å². The van der Waals surface area contributed by atoms with Crippen LogP contribution < -0.4 is 9.47 Å². The van der Waals surface area contributed by atoms with E-state index in [2.05, 4.69) is 4.74 Å². The summed E-state index contributed by atoms with van der Waals surface area (Å²) in [4.78, 5) is 13.0. The Morgan fingerprint density at radius 1 is 1.38 bits per heavy atom. The van der Waals surface area contributed by atoms with E-state index in [4.69, 9.17) is 9.47 Å².